The summed E-state index contributed by atoms with van der Waals surface area (Å²) in [6, 6.07) is 16.9. The summed E-state index contributed by atoms with van der Waals surface area (Å²) in [5.41, 5.74) is 2.34. The molecular formula is C20H18BrN3O2. The second-order valence-corrected chi connectivity index (χ2v) is 6.73. The number of amides is 1. The Balaban J connectivity index is 1.85. The molecule has 0 bridgehead atoms. The molecule has 1 aromatic heterocycles. The zero-order valence-corrected chi connectivity index (χ0v) is 16.0. The van der Waals surface area contributed by atoms with E-state index in [1.54, 1.807) is 24.7 Å². The van der Waals surface area contributed by atoms with Gasteiger partial charge in [0.1, 0.15) is 5.69 Å². The fourth-order valence-electron chi connectivity index (χ4n) is 2.62. The van der Waals surface area contributed by atoms with E-state index in [0.717, 1.165) is 15.7 Å². The lowest BCUT2D eigenvalue weighted by atomic mass is 10.2. The second kappa shape index (κ2) is 7.58. The van der Waals surface area contributed by atoms with Gasteiger partial charge >= 0.3 is 0 Å². The summed E-state index contributed by atoms with van der Waals surface area (Å²) in [5.74, 6) is -0.348. The molecule has 0 radical (unpaired) electrons. The lowest BCUT2D eigenvalue weighted by molar-refractivity contribution is -0.111. The van der Waals surface area contributed by atoms with Crippen LogP contribution >= 0.6 is 15.9 Å². The second-order valence-electron chi connectivity index (χ2n) is 5.81. The summed E-state index contributed by atoms with van der Waals surface area (Å²) in [4.78, 5) is 25.0. The number of nitrogens with zero attached hydrogens (tertiary/aromatic N) is 2. The Morgan fingerprint density at radius 2 is 1.73 bits per heavy atom. The van der Waals surface area contributed by atoms with E-state index in [2.05, 4.69) is 21.2 Å². The van der Waals surface area contributed by atoms with E-state index in [4.69, 9.17) is 0 Å². The molecule has 0 saturated heterocycles. The molecule has 26 heavy (non-hydrogen) atoms. The van der Waals surface area contributed by atoms with Crippen LogP contribution in [0.4, 0.5) is 5.69 Å². The average molecular weight is 412 g/mol. The number of aromatic nitrogens is 2. The Labute approximate surface area is 159 Å². The van der Waals surface area contributed by atoms with E-state index in [0.29, 0.717) is 5.69 Å². The lowest BCUT2D eigenvalue weighted by Gasteiger charge is -2.07. The van der Waals surface area contributed by atoms with Crippen LogP contribution in [-0.4, -0.2) is 15.3 Å². The fraction of sp³-hybridized carbons (Fsp3) is 0.100. The van der Waals surface area contributed by atoms with Gasteiger partial charge in [0.2, 0.25) is 5.91 Å². The van der Waals surface area contributed by atoms with Crippen molar-refractivity contribution in [2.24, 2.45) is 7.05 Å². The zero-order valence-electron chi connectivity index (χ0n) is 14.4. The van der Waals surface area contributed by atoms with Gasteiger partial charge in [0.05, 0.1) is 11.4 Å². The molecule has 1 heterocycles. The van der Waals surface area contributed by atoms with Crippen LogP contribution in [0.3, 0.4) is 0 Å². The van der Waals surface area contributed by atoms with Crippen LogP contribution in [0.2, 0.25) is 0 Å². The van der Waals surface area contributed by atoms with E-state index >= 15 is 0 Å². The molecule has 0 aliphatic carbocycles. The molecule has 3 aromatic rings. The van der Waals surface area contributed by atoms with Gasteiger partial charge in [-0.3, -0.25) is 14.3 Å². The van der Waals surface area contributed by atoms with Crippen molar-refractivity contribution in [2.45, 2.75) is 6.92 Å². The molecule has 0 fully saturated rings. The van der Waals surface area contributed by atoms with Crippen LogP contribution in [0, 0.1) is 6.92 Å². The van der Waals surface area contributed by atoms with Crippen molar-refractivity contribution in [1.29, 1.82) is 0 Å². The highest BCUT2D eigenvalue weighted by Crippen LogP contribution is 2.15. The van der Waals surface area contributed by atoms with Crippen molar-refractivity contribution in [3.05, 3.63) is 86.8 Å². The van der Waals surface area contributed by atoms with Gasteiger partial charge in [-0.2, -0.15) is 0 Å². The number of hydrogen-bond acceptors (Lipinski definition) is 2. The van der Waals surface area contributed by atoms with Gasteiger partial charge in [0, 0.05) is 17.6 Å². The van der Waals surface area contributed by atoms with E-state index < -0.39 is 0 Å². The smallest absolute Gasteiger partial charge is 0.295 e. The normalized spacial score (nSPS) is 11.0. The van der Waals surface area contributed by atoms with Crippen LogP contribution in [0.1, 0.15) is 11.3 Å². The Kier molecular flexibility index (Phi) is 5.23. The van der Waals surface area contributed by atoms with Crippen molar-refractivity contribution >= 4 is 33.6 Å². The molecule has 6 heteroatoms. The Morgan fingerprint density at radius 3 is 2.38 bits per heavy atom. The number of carbonyl (C=O) groups excluding carboxylic acids is 1. The van der Waals surface area contributed by atoms with Crippen LogP contribution in [0.5, 0.6) is 0 Å². The standard InChI is InChI=1S/C20H18BrN3O2/c1-14-19(20(26)24(23(14)2)17-6-4-3-5-7-17)22-18(25)13-10-15-8-11-16(21)12-9-15/h3-13H,1-2H3,(H,22,25). The van der Waals surface area contributed by atoms with Crippen LogP contribution in [0.15, 0.2) is 69.9 Å². The van der Waals surface area contributed by atoms with Gasteiger partial charge in [-0.15, -0.1) is 0 Å². The number of benzene rings is 2. The summed E-state index contributed by atoms with van der Waals surface area (Å²) >= 11 is 3.37. The number of halogens is 1. The third-order valence-corrected chi connectivity index (χ3v) is 4.63. The zero-order chi connectivity index (χ0) is 18.7. The van der Waals surface area contributed by atoms with E-state index in [-0.39, 0.29) is 17.2 Å². The van der Waals surface area contributed by atoms with Crippen LogP contribution in [0.25, 0.3) is 11.8 Å². The minimum atomic E-state index is -0.348. The summed E-state index contributed by atoms with van der Waals surface area (Å²) in [5, 5.41) is 2.70. The molecular weight excluding hydrogens is 394 g/mol. The first kappa shape index (κ1) is 17.9. The van der Waals surface area contributed by atoms with Gasteiger partial charge in [-0.25, -0.2) is 4.68 Å². The first-order valence-corrected chi connectivity index (χ1v) is 8.85. The lowest BCUT2D eigenvalue weighted by Crippen LogP contribution is -2.22. The van der Waals surface area contributed by atoms with Gasteiger partial charge in [0.25, 0.3) is 5.56 Å². The Bertz CT molecular complexity index is 1020. The molecule has 0 aliphatic heterocycles. The number of anilines is 1. The van der Waals surface area contributed by atoms with E-state index in [9.17, 15) is 9.59 Å². The summed E-state index contributed by atoms with van der Waals surface area (Å²) in [6.07, 6.45) is 3.12. The average Bonchev–Trinajstić information content (AvgIpc) is 2.85. The quantitative estimate of drug-likeness (QED) is 0.661. The van der Waals surface area contributed by atoms with Crippen molar-refractivity contribution in [2.75, 3.05) is 5.32 Å². The van der Waals surface area contributed by atoms with Crippen molar-refractivity contribution in [3.8, 4) is 5.69 Å². The van der Waals surface area contributed by atoms with Gasteiger partial charge < -0.3 is 5.32 Å². The molecule has 0 spiro atoms. The van der Waals surface area contributed by atoms with Crippen molar-refractivity contribution < 1.29 is 4.79 Å². The van der Waals surface area contributed by atoms with Gasteiger partial charge in [-0.05, 0) is 42.8 Å². The van der Waals surface area contributed by atoms with Crippen LogP contribution < -0.4 is 10.9 Å². The number of nitrogens with one attached hydrogen (secondary N) is 1. The number of carbonyl (C=O) groups is 1. The SMILES string of the molecule is Cc1c(NC(=O)C=Cc2ccc(Br)cc2)c(=O)n(-c2ccccc2)n1C. The predicted molar refractivity (Wildman–Crippen MR) is 108 cm³/mol. The molecule has 0 saturated carbocycles. The molecule has 0 aliphatic rings. The highest BCUT2D eigenvalue weighted by atomic mass is 79.9. The van der Waals surface area contributed by atoms with Gasteiger partial charge in [0.15, 0.2) is 0 Å². The maximum Gasteiger partial charge on any atom is 0.295 e. The minimum absolute atomic E-state index is 0.262. The molecule has 2 aromatic carbocycles. The minimum Gasteiger partial charge on any atom is -0.316 e. The summed E-state index contributed by atoms with van der Waals surface area (Å²) in [7, 11) is 1.79. The first-order chi connectivity index (χ1) is 12.5. The molecule has 1 amide bonds. The summed E-state index contributed by atoms with van der Waals surface area (Å²) in [6.45, 7) is 1.80. The third-order valence-electron chi connectivity index (χ3n) is 4.10. The molecule has 0 unspecified atom stereocenters. The topological polar surface area (TPSA) is 56.0 Å². The van der Waals surface area contributed by atoms with E-state index in [1.165, 1.54) is 10.8 Å². The maximum absolute atomic E-state index is 12.8. The van der Waals surface area contributed by atoms with Crippen LogP contribution in [-0.2, 0) is 11.8 Å². The molecule has 132 valence electrons. The molecule has 5 nitrogen and oxygen atoms in total. The fourth-order valence-corrected chi connectivity index (χ4v) is 2.89. The highest BCUT2D eigenvalue weighted by Gasteiger charge is 2.17. The third kappa shape index (κ3) is 3.70. The molecule has 0 atom stereocenters. The monoisotopic (exact) mass is 411 g/mol. The Hall–Kier alpha value is -2.86. The predicted octanol–water partition coefficient (Wildman–Crippen LogP) is 3.90. The Morgan fingerprint density at radius 1 is 1.08 bits per heavy atom. The van der Waals surface area contributed by atoms with E-state index in [1.807, 2.05) is 54.6 Å². The first-order valence-electron chi connectivity index (χ1n) is 8.06. The van der Waals surface area contributed by atoms with Crippen molar-refractivity contribution in [1.82, 2.24) is 9.36 Å². The summed E-state index contributed by atoms with van der Waals surface area (Å²) < 4.78 is 4.23. The number of para-hydroxylation sites is 1. The highest BCUT2D eigenvalue weighted by molar-refractivity contribution is 9.10. The number of rotatable bonds is 4. The van der Waals surface area contributed by atoms with Crippen molar-refractivity contribution in [3.63, 3.8) is 0 Å². The largest absolute Gasteiger partial charge is 0.316 e. The number of hydrogen-bond donors (Lipinski definition) is 1. The van der Waals surface area contributed by atoms with Gasteiger partial charge in [-0.1, -0.05) is 46.3 Å². The maximum atomic E-state index is 12.8. The molecule has 3 rings (SSSR count). The molecule has 1 N–H and O–H groups in total.